The number of urea groups is 1. The number of carbonyl (C=O) groups excluding carboxylic acids is 1. The largest absolute Gasteiger partial charge is 0.480 e. The third-order valence-electron chi connectivity index (χ3n) is 3.44. The Bertz CT molecular complexity index is 311. The van der Waals surface area contributed by atoms with Crippen LogP contribution in [0.2, 0.25) is 0 Å². The summed E-state index contributed by atoms with van der Waals surface area (Å²) in [7, 11) is 0. The molecular formula is C12H22N2O4. The van der Waals surface area contributed by atoms with E-state index >= 15 is 0 Å². The van der Waals surface area contributed by atoms with Crippen LogP contribution in [0.4, 0.5) is 4.79 Å². The van der Waals surface area contributed by atoms with Crippen LogP contribution in [-0.4, -0.2) is 51.8 Å². The van der Waals surface area contributed by atoms with Gasteiger partial charge in [0, 0.05) is 12.6 Å². The SMILES string of the molecule is CC(C)N(CCO)C(=O)NC1(C(=O)O)CCCC1. The summed E-state index contributed by atoms with van der Waals surface area (Å²) in [6, 6.07) is -0.493. The maximum absolute atomic E-state index is 12.1. The molecule has 1 fully saturated rings. The Morgan fingerprint density at radius 1 is 1.33 bits per heavy atom. The maximum atomic E-state index is 12.1. The first-order chi connectivity index (χ1) is 8.43. The fourth-order valence-corrected chi connectivity index (χ4v) is 2.35. The fourth-order valence-electron chi connectivity index (χ4n) is 2.35. The molecule has 0 aliphatic heterocycles. The highest BCUT2D eigenvalue weighted by Crippen LogP contribution is 2.30. The number of amides is 2. The Labute approximate surface area is 107 Å². The summed E-state index contributed by atoms with van der Waals surface area (Å²) >= 11 is 0. The molecule has 0 atom stereocenters. The number of aliphatic hydroxyl groups is 1. The highest BCUT2D eigenvalue weighted by molar-refractivity contribution is 5.86. The van der Waals surface area contributed by atoms with Gasteiger partial charge in [0.2, 0.25) is 0 Å². The van der Waals surface area contributed by atoms with Crippen molar-refractivity contribution in [2.24, 2.45) is 0 Å². The van der Waals surface area contributed by atoms with E-state index in [-0.39, 0.29) is 19.2 Å². The minimum absolute atomic E-state index is 0.0793. The summed E-state index contributed by atoms with van der Waals surface area (Å²) in [4.78, 5) is 24.9. The zero-order chi connectivity index (χ0) is 13.8. The van der Waals surface area contributed by atoms with Crippen LogP contribution in [0.15, 0.2) is 0 Å². The van der Waals surface area contributed by atoms with Gasteiger partial charge in [-0.05, 0) is 26.7 Å². The van der Waals surface area contributed by atoms with Gasteiger partial charge >= 0.3 is 12.0 Å². The predicted octanol–water partition coefficient (Wildman–Crippen LogP) is 0.796. The van der Waals surface area contributed by atoms with Crippen molar-refractivity contribution in [1.29, 1.82) is 0 Å². The monoisotopic (exact) mass is 258 g/mol. The molecule has 0 radical (unpaired) electrons. The standard InChI is InChI=1S/C12H22N2O4/c1-9(2)14(7-8-15)11(18)13-12(10(16)17)5-3-4-6-12/h9,15H,3-8H2,1-2H3,(H,13,18)(H,16,17). The van der Waals surface area contributed by atoms with E-state index in [1.54, 1.807) is 0 Å². The molecule has 3 N–H and O–H groups in total. The van der Waals surface area contributed by atoms with Crippen molar-refractivity contribution in [2.45, 2.75) is 51.1 Å². The molecule has 0 saturated heterocycles. The Balaban J connectivity index is 2.74. The highest BCUT2D eigenvalue weighted by Gasteiger charge is 2.43. The second-order valence-corrected chi connectivity index (χ2v) is 5.04. The summed E-state index contributed by atoms with van der Waals surface area (Å²) in [6.45, 7) is 3.74. The Morgan fingerprint density at radius 2 is 1.89 bits per heavy atom. The van der Waals surface area contributed by atoms with E-state index in [9.17, 15) is 14.7 Å². The zero-order valence-electron chi connectivity index (χ0n) is 11.0. The molecular weight excluding hydrogens is 236 g/mol. The number of aliphatic carboxylic acids is 1. The molecule has 1 rings (SSSR count). The van der Waals surface area contributed by atoms with Crippen molar-refractivity contribution in [3.8, 4) is 0 Å². The van der Waals surface area contributed by atoms with Crippen molar-refractivity contribution in [1.82, 2.24) is 10.2 Å². The minimum Gasteiger partial charge on any atom is -0.480 e. The lowest BCUT2D eigenvalue weighted by Crippen LogP contribution is -2.57. The summed E-state index contributed by atoms with van der Waals surface area (Å²) in [5.74, 6) is -0.971. The van der Waals surface area contributed by atoms with Crippen LogP contribution in [0.3, 0.4) is 0 Å². The van der Waals surface area contributed by atoms with Crippen molar-refractivity contribution >= 4 is 12.0 Å². The molecule has 6 nitrogen and oxygen atoms in total. The zero-order valence-corrected chi connectivity index (χ0v) is 11.0. The normalized spacial score (nSPS) is 17.8. The number of rotatable bonds is 5. The van der Waals surface area contributed by atoms with Gasteiger partial charge in [0.25, 0.3) is 0 Å². The minimum atomic E-state index is -1.13. The molecule has 0 spiro atoms. The van der Waals surface area contributed by atoms with E-state index in [4.69, 9.17) is 5.11 Å². The van der Waals surface area contributed by atoms with E-state index in [0.29, 0.717) is 12.8 Å². The third kappa shape index (κ3) is 3.13. The molecule has 2 amide bonds. The first-order valence-electron chi connectivity index (χ1n) is 6.36. The van der Waals surface area contributed by atoms with Gasteiger partial charge in [-0.25, -0.2) is 9.59 Å². The predicted molar refractivity (Wildman–Crippen MR) is 66.3 cm³/mol. The van der Waals surface area contributed by atoms with Gasteiger partial charge in [-0.2, -0.15) is 0 Å². The van der Waals surface area contributed by atoms with Crippen molar-refractivity contribution < 1.29 is 19.8 Å². The molecule has 0 bridgehead atoms. The number of carboxylic acids is 1. The summed E-state index contributed by atoms with van der Waals surface area (Å²) < 4.78 is 0. The van der Waals surface area contributed by atoms with Crippen LogP contribution in [0, 0.1) is 0 Å². The number of hydrogen-bond donors (Lipinski definition) is 3. The summed E-state index contributed by atoms with van der Waals surface area (Å²) in [5, 5.41) is 20.8. The summed E-state index contributed by atoms with van der Waals surface area (Å²) in [6.07, 6.45) is 2.57. The van der Waals surface area contributed by atoms with Crippen LogP contribution < -0.4 is 5.32 Å². The van der Waals surface area contributed by atoms with Crippen molar-refractivity contribution in [3.05, 3.63) is 0 Å². The smallest absolute Gasteiger partial charge is 0.329 e. The van der Waals surface area contributed by atoms with E-state index in [1.807, 2.05) is 13.8 Å². The Hall–Kier alpha value is -1.30. The quantitative estimate of drug-likeness (QED) is 0.680. The average molecular weight is 258 g/mol. The van der Waals surface area contributed by atoms with E-state index in [0.717, 1.165) is 12.8 Å². The van der Waals surface area contributed by atoms with Crippen LogP contribution in [-0.2, 0) is 4.79 Å². The lowest BCUT2D eigenvalue weighted by Gasteiger charge is -2.32. The highest BCUT2D eigenvalue weighted by atomic mass is 16.4. The molecule has 1 aliphatic carbocycles. The first kappa shape index (κ1) is 14.8. The molecule has 0 aromatic rings. The number of hydrogen-bond acceptors (Lipinski definition) is 3. The molecule has 1 saturated carbocycles. The van der Waals surface area contributed by atoms with Crippen molar-refractivity contribution in [3.63, 3.8) is 0 Å². The number of nitrogens with zero attached hydrogens (tertiary/aromatic N) is 1. The van der Waals surface area contributed by atoms with Crippen LogP contribution >= 0.6 is 0 Å². The number of aliphatic hydroxyl groups excluding tert-OH is 1. The molecule has 6 heteroatoms. The molecule has 1 aliphatic rings. The molecule has 18 heavy (non-hydrogen) atoms. The molecule has 0 aromatic heterocycles. The van der Waals surface area contributed by atoms with E-state index in [1.165, 1.54) is 4.90 Å². The lowest BCUT2D eigenvalue weighted by molar-refractivity contribution is -0.144. The number of carbonyl (C=O) groups is 2. The average Bonchev–Trinajstić information content (AvgIpc) is 2.75. The van der Waals surface area contributed by atoms with Crippen LogP contribution in [0.1, 0.15) is 39.5 Å². The summed E-state index contributed by atoms with van der Waals surface area (Å²) in [5.41, 5.74) is -1.13. The second-order valence-electron chi connectivity index (χ2n) is 5.04. The van der Waals surface area contributed by atoms with E-state index < -0.39 is 17.5 Å². The topological polar surface area (TPSA) is 89.9 Å². The number of carboxylic acid groups (broad SMARTS) is 1. The first-order valence-corrected chi connectivity index (χ1v) is 6.36. The second kappa shape index (κ2) is 6.04. The molecule has 104 valence electrons. The fraction of sp³-hybridized carbons (Fsp3) is 0.833. The van der Waals surface area contributed by atoms with Gasteiger partial charge < -0.3 is 20.4 Å². The van der Waals surface area contributed by atoms with Gasteiger partial charge in [-0.15, -0.1) is 0 Å². The van der Waals surface area contributed by atoms with Crippen LogP contribution in [0.5, 0.6) is 0 Å². The van der Waals surface area contributed by atoms with Gasteiger partial charge in [-0.3, -0.25) is 0 Å². The van der Waals surface area contributed by atoms with Gasteiger partial charge in [0.05, 0.1) is 6.61 Å². The number of nitrogens with one attached hydrogen (secondary N) is 1. The van der Waals surface area contributed by atoms with Crippen molar-refractivity contribution in [2.75, 3.05) is 13.2 Å². The van der Waals surface area contributed by atoms with Gasteiger partial charge in [0.15, 0.2) is 0 Å². The lowest BCUT2D eigenvalue weighted by atomic mass is 9.98. The maximum Gasteiger partial charge on any atom is 0.329 e. The van der Waals surface area contributed by atoms with Gasteiger partial charge in [0.1, 0.15) is 5.54 Å². The van der Waals surface area contributed by atoms with Gasteiger partial charge in [-0.1, -0.05) is 12.8 Å². The molecule has 0 heterocycles. The molecule has 0 aromatic carbocycles. The molecule has 0 unspecified atom stereocenters. The Morgan fingerprint density at radius 3 is 2.28 bits per heavy atom. The van der Waals surface area contributed by atoms with Crippen LogP contribution in [0.25, 0.3) is 0 Å². The van der Waals surface area contributed by atoms with E-state index in [2.05, 4.69) is 5.32 Å². The third-order valence-corrected chi connectivity index (χ3v) is 3.44. The Kier molecular flexibility index (Phi) is 4.95.